The van der Waals surface area contributed by atoms with Crippen molar-refractivity contribution < 1.29 is 0 Å². The SMILES string of the molecule is CCNc1cc(C(C)C)nc(-c2sccc2C)n1. The van der Waals surface area contributed by atoms with E-state index in [1.54, 1.807) is 11.3 Å². The Hall–Kier alpha value is -1.42. The van der Waals surface area contributed by atoms with E-state index < -0.39 is 0 Å². The average molecular weight is 261 g/mol. The second-order valence-corrected chi connectivity index (χ2v) is 5.54. The molecule has 96 valence electrons. The number of rotatable bonds is 4. The molecule has 0 aromatic carbocycles. The Morgan fingerprint density at radius 2 is 2.11 bits per heavy atom. The van der Waals surface area contributed by atoms with Crippen LogP contribution in [0.3, 0.4) is 0 Å². The predicted octanol–water partition coefficient (Wildman–Crippen LogP) is 4.07. The van der Waals surface area contributed by atoms with Crippen LogP contribution < -0.4 is 5.32 Å². The number of aromatic nitrogens is 2. The van der Waals surface area contributed by atoms with Gasteiger partial charge >= 0.3 is 0 Å². The van der Waals surface area contributed by atoms with E-state index in [0.717, 1.165) is 28.8 Å². The fourth-order valence-corrected chi connectivity index (χ4v) is 2.60. The Labute approximate surface area is 112 Å². The van der Waals surface area contributed by atoms with Crippen LogP contribution in [0.25, 0.3) is 10.7 Å². The topological polar surface area (TPSA) is 37.8 Å². The summed E-state index contributed by atoms with van der Waals surface area (Å²) in [5.41, 5.74) is 2.33. The van der Waals surface area contributed by atoms with Gasteiger partial charge in [0, 0.05) is 18.3 Å². The minimum absolute atomic E-state index is 0.407. The van der Waals surface area contributed by atoms with Crippen LogP contribution in [0.15, 0.2) is 17.5 Å². The molecule has 0 saturated carbocycles. The molecule has 1 N–H and O–H groups in total. The summed E-state index contributed by atoms with van der Waals surface area (Å²) in [6, 6.07) is 4.15. The summed E-state index contributed by atoms with van der Waals surface area (Å²) in [5, 5.41) is 5.36. The predicted molar refractivity (Wildman–Crippen MR) is 78.3 cm³/mol. The molecule has 0 radical (unpaired) electrons. The van der Waals surface area contributed by atoms with Gasteiger partial charge in [-0.25, -0.2) is 9.97 Å². The van der Waals surface area contributed by atoms with Gasteiger partial charge in [0.05, 0.1) is 4.88 Å². The summed E-state index contributed by atoms with van der Waals surface area (Å²) in [6.45, 7) is 9.36. The first-order valence-electron chi connectivity index (χ1n) is 6.29. The fraction of sp³-hybridized carbons (Fsp3) is 0.429. The van der Waals surface area contributed by atoms with Crippen molar-refractivity contribution in [2.24, 2.45) is 0 Å². The van der Waals surface area contributed by atoms with Gasteiger partial charge in [-0.1, -0.05) is 13.8 Å². The maximum atomic E-state index is 4.68. The van der Waals surface area contributed by atoms with Gasteiger partial charge in [-0.2, -0.15) is 0 Å². The van der Waals surface area contributed by atoms with Crippen molar-refractivity contribution in [2.75, 3.05) is 11.9 Å². The highest BCUT2D eigenvalue weighted by molar-refractivity contribution is 7.13. The van der Waals surface area contributed by atoms with Crippen molar-refractivity contribution in [1.29, 1.82) is 0 Å². The third-order valence-electron chi connectivity index (χ3n) is 2.76. The Bertz CT molecular complexity index is 532. The highest BCUT2D eigenvalue weighted by atomic mass is 32.1. The van der Waals surface area contributed by atoms with Crippen LogP contribution in [0.4, 0.5) is 5.82 Å². The number of thiophene rings is 1. The first-order valence-corrected chi connectivity index (χ1v) is 7.17. The Kier molecular flexibility index (Phi) is 3.97. The lowest BCUT2D eigenvalue weighted by Crippen LogP contribution is -2.04. The molecule has 0 aliphatic carbocycles. The summed E-state index contributed by atoms with van der Waals surface area (Å²) < 4.78 is 0. The second-order valence-electron chi connectivity index (χ2n) is 4.62. The minimum atomic E-state index is 0.407. The summed E-state index contributed by atoms with van der Waals surface area (Å²) in [4.78, 5) is 10.4. The van der Waals surface area contributed by atoms with Crippen LogP contribution in [0.5, 0.6) is 0 Å². The van der Waals surface area contributed by atoms with E-state index >= 15 is 0 Å². The second kappa shape index (κ2) is 5.48. The van der Waals surface area contributed by atoms with Crippen LogP contribution in [-0.4, -0.2) is 16.5 Å². The fourth-order valence-electron chi connectivity index (χ4n) is 1.74. The maximum absolute atomic E-state index is 4.68. The van der Waals surface area contributed by atoms with Crippen LogP contribution in [0.2, 0.25) is 0 Å². The van der Waals surface area contributed by atoms with Crippen molar-refractivity contribution >= 4 is 17.2 Å². The lowest BCUT2D eigenvalue weighted by atomic mass is 10.1. The van der Waals surface area contributed by atoms with Gasteiger partial charge in [-0.05, 0) is 36.8 Å². The van der Waals surface area contributed by atoms with E-state index in [0.29, 0.717) is 5.92 Å². The number of aryl methyl sites for hydroxylation is 1. The molecular weight excluding hydrogens is 242 g/mol. The molecule has 0 saturated heterocycles. The van der Waals surface area contributed by atoms with Gasteiger partial charge in [-0.15, -0.1) is 11.3 Å². The first kappa shape index (κ1) is 13.0. The lowest BCUT2D eigenvalue weighted by molar-refractivity contribution is 0.817. The van der Waals surface area contributed by atoms with E-state index in [9.17, 15) is 0 Å². The molecule has 0 spiro atoms. The van der Waals surface area contributed by atoms with E-state index in [4.69, 9.17) is 0 Å². The van der Waals surface area contributed by atoms with Gasteiger partial charge in [0.2, 0.25) is 0 Å². The van der Waals surface area contributed by atoms with Gasteiger partial charge in [0.15, 0.2) is 5.82 Å². The zero-order valence-electron chi connectivity index (χ0n) is 11.3. The van der Waals surface area contributed by atoms with Crippen molar-refractivity contribution in [3.8, 4) is 10.7 Å². The molecule has 3 nitrogen and oxygen atoms in total. The first-order chi connectivity index (χ1) is 8.61. The van der Waals surface area contributed by atoms with Crippen LogP contribution >= 0.6 is 11.3 Å². The van der Waals surface area contributed by atoms with Gasteiger partial charge in [-0.3, -0.25) is 0 Å². The van der Waals surface area contributed by atoms with Crippen molar-refractivity contribution in [3.05, 3.63) is 28.8 Å². The van der Waals surface area contributed by atoms with Crippen molar-refractivity contribution in [3.63, 3.8) is 0 Å². The summed E-state index contributed by atoms with van der Waals surface area (Å²) in [6.07, 6.45) is 0. The summed E-state index contributed by atoms with van der Waals surface area (Å²) in [7, 11) is 0. The molecule has 0 bridgehead atoms. The summed E-state index contributed by atoms with van der Waals surface area (Å²) in [5.74, 6) is 2.16. The van der Waals surface area contributed by atoms with Crippen LogP contribution in [0.1, 0.15) is 37.9 Å². The number of hydrogen-bond acceptors (Lipinski definition) is 4. The number of anilines is 1. The average Bonchev–Trinajstić information content (AvgIpc) is 2.75. The van der Waals surface area contributed by atoms with Crippen molar-refractivity contribution in [2.45, 2.75) is 33.6 Å². The molecule has 2 rings (SSSR count). The lowest BCUT2D eigenvalue weighted by Gasteiger charge is -2.10. The molecule has 2 heterocycles. The standard InChI is InChI=1S/C14H19N3S/c1-5-15-12-8-11(9(2)3)16-14(17-12)13-10(4)6-7-18-13/h6-9H,5H2,1-4H3,(H,15,16,17). The highest BCUT2D eigenvalue weighted by Gasteiger charge is 2.11. The Morgan fingerprint density at radius 1 is 1.33 bits per heavy atom. The molecule has 18 heavy (non-hydrogen) atoms. The van der Waals surface area contributed by atoms with E-state index in [2.05, 4.69) is 54.4 Å². The molecule has 0 unspecified atom stereocenters. The Balaban J connectivity index is 2.50. The molecule has 4 heteroatoms. The van der Waals surface area contributed by atoms with Crippen molar-refractivity contribution in [1.82, 2.24) is 9.97 Å². The molecule has 0 aliphatic rings. The minimum Gasteiger partial charge on any atom is -0.370 e. The van der Waals surface area contributed by atoms with Gasteiger partial charge in [0.25, 0.3) is 0 Å². The molecular formula is C14H19N3S. The molecule has 2 aromatic heterocycles. The zero-order valence-corrected chi connectivity index (χ0v) is 12.1. The van der Waals surface area contributed by atoms with E-state index in [-0.39, 0.29) is 0 Å². The smallest absolute Gasteiger partial charge is 0.172 e. The van der Waals surface area contributed by atoms with Gasteiger partial charge in [0.1, 0.15) is 5.82 Å². The van der Waals surface area contributed by atoms with E-state index in [1.165, 1.54) is 5.56 Å². The largest absolute Gasteiger partial charge is 0.370 e. The van der Waals surface area contributed by atoms with E-state index in [1.807, 2.05) is 6.07 Å². The molecule has 0 fully saturated rings. The maximum Gasteiger partial charge on any atom is 0.172 e. The quantitative estimate of drug-likeness (QED) is 0.901. The van der Waals surface area contributed by atoms with Crippen LogP contribution in [-0.2, 0) is 0 Å². The summed E-state index contributed by atoms with van der Waals surface area (Å²) >= 11 is 1.70. The van der Waals surface area contributed by atoms with Crippen LogP contribution in [0, 0.1) is 6.92 Å². The molecule has 2 aromatic rings. The number of nitrogens with zero attached hydrogens (tertiary/aromatic N) is 2. The Morgan fingerprint density at radius 3 is 2.67 bits per heavy atom. The molecule has 0 aliphatic heterocycles. The van der Waals surface area contributed by atoms with Gasteiger partial charge < -0.3 is 5.32 Å². The number of hydrogen-bond donors (Lipinski definition) is 1. The molecule has 0 amide bonds. The zero-order chi connectivity index (χ0) is 13.1. The third kappa shape index (κ3) is 2.70. The number of nitrogens with one attached hydrogen (secondary N) is 1. The monoisotopic (exact) mass is 261 g/mol. The normalized spacial score (nSPS) is 10.9. The third-order valence-corrected chi connectivity index (χ3v) is 3.77. The highest BCUT2D eigenvalue weighted by Crippen LogP contribution is 2.28. The molecule has 0 atom stereocenters.